The number of rotatable bonds is 4. The van der Waals surface area contributed by atoms with E-state index < -0.39 is 0 Å². The Morgan fingerprint density at radius 3 is 2.36 bits per heavy atom. The van der Waals surface area contributed by atoms with Crippen LogP contribution in [0.15, 0.2) is 53.5 Å². The van der Waals surface area contributed by atoms with Crippen molar-refractivity contribution in [3.63, 3.8) is 0 Å². The van der Waals surface area contributed by atoms with Crippen molar-refractivity contribution in [2.24, 2.45) is 4.99 Å². The highest BCUT2D eigenvalue weighted by Crippen LogP contribution is 2.27. The first-order chi connectivity index (χ1) is 10.4. The van der Waals surface area contributed by atoms with Crippen LogP contribution in [0.4, 0.5) is 5.69 Å². The number of nitrogens with zero attached hydrogens (tertiary/aromatic N) is 1. The van der Waals surface area contributed by atoms with E-state index in [-0.39, 0.29) is 0 Å². The molecule has 0 fully saturated rings. The third-order valence-corrected chi connectivity index (χ3v) is 3.88. The fraction of sp³-hybridized carbons (Fsp3) is 0.211. The summed E-state index contributed by atoms with van der Waals surface area (Å²) in [6, 6.07) is 11.6. The first-order valence-electron chi connectivity index (χ1n) is 7.11. The van der Waals surface area contributed by atoms with Crippen LogP contribution in [-0.2, 0) is 6.42 Å². The van der Waals surface area contributed by atoms with Gasteiger partial charge in [-0.3, -0.25) is 4.99 Å². The Labute approximate surface area is 142 Å². The van der Waals surface area contributed by atoms with Crippen molar-refractivity contribution in [2.45, 2.75) is 27.2 Å². The van der Waals surface area contributed by atoms with Gasteiger partial charge in [0.2, 0.25) is 0 Å². The van der Waals surface area contributed by atoms with Crippen LogP contribution in [0.3, 0.4) is 0 Å². The van der Waals surface area contributed by atoms with E-state index in [2.05, 4.69) is 13.5 Å². The number of aryl methyl sites for hydroxylation is 1. The minimum Gasteiger partial charge on any atom is -0.253 e. The zero-order valence-corrected chi connectivity index (χ0v) is 14.6. The molecular formula is C19H19Cl2N. The Hall–Kier alpha value is -1.57. The van der Waals surface area contributed by atoms with Crippen molar-refractivity contribution >= 4 is 34.6 Å². The van der Waals surface area contributed by atoms with Crippen LogP contribution in [-0.4, -0.2) is 5.71 Å². The molecule has 114 valence electrons. The third kappa shape index (κ3) is 4.22. The Kier molecular flexibility index (Phi) is 5.44. The van der Waals surface area contributed by atoms with E-state index >= 15 is 0 Å². The number of benzene rings is 2. The highest BCUT2D eigenvalue weighted by molar-refractivity contribution is 6.31. The molecule has 0 N–H and O–H groups in total. The molecule has 0 unspecified atom stereocenters. The van der Waals surface area contributed by atoms with E-state index in [0.717, 1.165) is 40.1 Å². The van der Waals surface area contributed by atoms with E-state index in [1.165, 1.54) is 0 Å². The van der Waals surface area contributed by atoms with Crippen LogP contribution in [0.2, 0.25) is 10.0 Å². The lowest BCUT2D eigenvalue weighted by Crippen LogP contribution is -1.98. The summed E-state index contributed by atoms with van der Waals surface area (Å²) < 4.78 is 0. The Bertz CT molecular complexity index is 745. The maximum atomic E-state index is 6.10. The Balaban J connectivity index is 2.47. The molecule has 0 heterocycles. The number of hydrogen-bond acceptors (Lipinski definition) is 1. The maximum Gasteiger partial charge on any atom is 0.0669 e. The summed E-state index contributed by atoms with van der Waals surface area (Å²) >= 11 is 12.2. The highest BCUT2D eigenvalue weighted by Gasteiger charge is 2.07. The molecule has 0 aliphatic carbocycles. The lowest BCUT2D eigenvalue weighted by Gasteiger charge is -2.10. The molecular weight excluding hydrogens is 313 g/mol. The molecule has 1 nitrogen and oxygen atoms in total. The summed E-state index contributed by atoms with van der Waals surface area (Å²) in [5.41, 5.74) is 6.23. The first kappa shape index (κ1) is 16.8. The van der Waals surface area contributed by atoms with Crippen LogP contribution in [0.1, 0.15) is 30.5 Å². The monoisotopic (exact) mass is 331 g/mol. The second kappa shape index (κ2) is 7.13. The molecule has 0 spiro atoms. The molecule has 22 heavy (non-hydrogen) atoms. The van der Waals surface area contributed by atoms with Gasteiger partial charge < -0.3 is 0 Å². The Morgan fingerprint density at radius 2 is 1.68 bits per heavy atom. The summed E-state index contributed by atoms with van der Waals surface area (Å²) in [5.74, 6) is 0. The molecule has 2 aromatic carbocycles. The van der Waals surface area contributed by atoms with E-state index in [4.69, 9.17) is 28.2 Å². The van der Waals surface area contributed by atoms with Gasteiger partial charge in [-0.25, -0.2) is 0 Å². The Morgan fingerprint density at radius 1 is 1.05 bits per heavy atom. The van der Waals surface area contributed by atoms with E-state index in [1.54, 1.807) is 0 Å². The van der Waals surface area contributed by atoms with Crippen LogP contribution in [0.5, 0.6) is 0 Å². The van der Waals surface area contributed by atoms with Crippen molar-refractivity contribution in [1.29, 1.82) is 0 Å². The molecule has 0 aliphatic heterocycles. The number of allylic oxidation sites excluding steroid dienone is 1. The predicted octanol–water partition coefficient (Wildman–Crippen LogP) is 6.56. The summed E-state index contributed by atoms with van der Waals surface area (Å²) in [6.45, 7) is 10.0. The number of aliphatic imine (C=N–C) groups is 1. The topological polar surface area (TPSA) is 12.4 Å². The molecule has 0 amide bonds. The van der Waals surface area contributed by atoms with E-state index in [9.17, 15) is 0 Å². The van der Waals surface area contributed by atoms with Crippen LogP contribution >= 0.6 is 23.2 Å². The van der Waals surface area contributed by atoms with Crippen LogP contribution < -0.4 is 0 Å². The van der Waals surface area contributed by atoms with Crippen molar-refractivity contribution in [3.05, 3.63) is 75.3 Å². The lowest BCUT2D eigenvalue weighted by molar-refractivity contribution is 1.15. The maximum absolute atomic E-state index is 6.10. The second-order valence-electron chi connectivity index (χ2n) is 5.56. The predicted molar refractivity (Wildman–Crippen MR) is 98.0 cm³/mol. The summed E-state index contributed by atoms with van der Waals surface area (Å²) in [7, 11) is 0. The smallest absolute Gasteiger partial charge is 0.0669 e. The summed E-state index contributed by atoms with van der Waals surface area (Å²) in [4.78, 5) is 4.78. The number of halogens is 2. The molecule has 2 aromatic rings. The minimum atomic E-state index is 0.715. The van der Waals surface area contributed by atoms with Crippen molar-refractivity contribution in [3.8, 4) is 0 Å². The van der Waals surface area contributed by atoms with Crippen molar-refractivity contribution in [2.75, 3.05) is 0 Å². The van der Waals surface area contributed by atoms with Gasteiger partial charge in [-0.15, -0.1) is 0 Å². The lowest BCUT2D eigenvalue weighted by atomic mass is 10.0. The van der Waals surface area contributed by atoms with Gasteiger partial charge >= 0.3 is 0 Å². The summed E-state index contributed by atoms with van der Waals surface area (Å²) in [5, 5.41) is 1.43. The molecule has 0 bridgehead atoms. The molecule has 0 saturated heterocycles. The van der Waals surface area contributed by atoms with Gasteiger partial charge in [0, 0.05) is 21.3 Å². The molecule has 3 heteroatoms. The molecule has 2 rings (SSSR count). The SMILES string of the molecule is C=C(C)Cc1cc(Cl)ccc1/N=C(\C)c1cc(Cl)ccc1C. The van der Waals surface area contributed by atoms with Crippen molar-refractivity contribution in [1.82, 2.24) is 0 Å². The zero-order valence-electron chi connectivity index (χ0n) is 13.1. The molecule has 0 atom stereocenters. The first-order valence-corrected chi connectivity index (χ1v) is 7.87. The average molecular weight is 332 g/mol. The fourth-order valence-corrected chi connectivity index (χ4v) is 2.72. The number of hydrogen-bond donors (Lipinski definition) is 0. The van der Waals surface area contributed by atoms with Crippen LogP contribution in [0.25, 0.3) is 0 Å². The normalized spacial score (nSPS) is 11.6. The van der Waals surface area contributed by atoms with Gasteiger partial charge in [0.1, 0.15) is 0 Å². The second-order valence-corrected chi connectivity index (χ2v) is 6.44. The quantitative estimate of drug-likeness (QED) is 0.444. The van der Waals surface area contributed by atoms with Gasteiger partial charge in [0.15, 0.2) is 0 Å². The van der Waals surface area contributed by atoms with Gasteiger partial charge in [-0.05, 0) is 68.7 Å². The van der Waals surface area contributed by atoms with E-state index in [0.29, 0.717) is 10.0 Å². The minimum absolute atomic E-state index is 0.715. The average Bonchev–Trinajstić information content (AvgIpc) is 2.43. The highest BCUT2D eigenvalue weighted by atomic mass is 35.5. The van der Waals surface area contributed by atoms with Crippen LogP contribution in [0, 0.1) is 6.92 Å². The van der Waals surface area contributed by atoms with Gasteiger partial charge in [0.25, 0.3) is 0 Å². The van der Waals surface area contributed by atoms with Gasteiger partial charge in [0.05, 0.1) is 5.69 Å². The third-order valence-electron chi connectivity index (χ3n) is 3.41. The molecule has 0 radical (unpaired) electrons. The largest absolute Gasteiger partial charge is 0.253 e. The molecule has 0 aliphatic rings. The van der Waals surface area contributed by atoms with Gasteiger partial charge in [-0.1, -0.05) is 41.4 Å². The van der Waals surface area contributed by atoms with Gasteiger partial charge in [-0.2, -0.15) is 0 Å². The summed E-state index contributed by atoms with van der Waals surface area (Å²) in [6.07, 6.45) is 0.765. The molecule has 0 saturated carbocycles. The van der Waals surface area contributed by atoms with E-state index in [1.807, 2.05) is 50.2 Å². The fourth-order valence-electron chi connectivity index (χ4n) is 2.35. The van der Waals surface area contributed by atoms with Crippen molar-refractivity contribution < 1.29 is 0 Å². The molecule has 0 aromatic heterocycles. The standard InChI is InChI=1S/C19H19Cl2N/c1-12(2)9-15-10-16(20)7-8-19(15)22-14(4)18-11-17(21)6-5-13(18)3/h5-8,10-11H,1,9H2,2-4H3/b22-14+. The zero-order chi connectivity index (χ0) is 16.3.